The van der Waals surface area contributed by atoms with E-state index in [0.717, 1.165) is 5.57 Å². The number of nitriles is 1. The molecule has 0 radical (unpaired) electrons. The van der Waals surface area contributed by atoms with Gasteiger partial charge in [0, 0.05) is 11.8 Å². The molecule has 0 N–H and O–H groups in total. The minimum atomic E-state index is -4.32. The van der Waals surface area contributed by atoms with E-state index in [9.17, 15) is 13.2 Å². The van der Waals surface area contributed by atoms with Gasteiger partial charge in [-0.25, -0.2) is 0 Å². The summed E-state index contributed by atoms with van der Waals surface area (Å²) in [5.74, 6) is -0.190. The van der Waals surface area contributed by atoms with Crippen molar-refractivity contribution in [2.45, 2.75) is 25.6 Å². The monoisotopic (exact) mass is 231 g/mol. The molecule has 0 heterocycles. The predicted octanol–water partition coefficient (Wildman–Crippen LogP) is 2.67. The molecule has 0 spiro atoms. The fraction of sp³-hybridized carbons (Fsp3) is 0.727. The van der Waals surface area contributed by atoms with E-state index in [1.54, 1.807) is 13.8 Å². The summed E-state index contributed by atoms with van der Waals surface area (Å²) in [6, 6.07) is 2.11. The topological polar surface area (TPSA) is 33.0 Å². The molecule has 0 unspecified atom stereocenters. The lowest BCUT2D eigenvalue weighted by atomic mass is 9.93. The number of ether oxygens (including phenoxy) is 1. The van der Waals surface area contributed by atoms with Crippen LogP contribution in [0.5, 0.6) is 0 Å². The molecule has 2 rings (SSSR count). The summed E-state index contributed by atoms with van der Waals surface area (Å²) in [5.41, 5.74) is -0.112. The van der Waals surface area contributed by atoms with Gasteiger partial charge in [0.05, 0.1) is 17.6 Å². The molecule has 0 saturated heterocycles. The number of nitrogens with zero attached hydrogens (tertiary/aromatic N) is 1. The van der Waals surface area contributed by atoms with Crippen LogP contribution in [0.1, 0.15) is 13.8 Å². The van der Waals surface area contributed by atoms with Crippen LogP contribution >= 0.6 is 0 Å². The van der Waals surface area contributed by atoms with Gasteiger partial charge in [-0.2, -0.15) is 18.4 Å². The Hall–Kier alpha value is -1.02. The van der Waals surface area contributed by atoms with Crippen LogP contribution in [0.4, 0.5) is 13.2 Å². The maximum atomic E-state index is 12.1. The summed E-state index contributed by atoms with van der Waals surface area (Å²) in [6.07, 6.45) is -2.45. The Bertz CT molecular complexity index is 382. The summed E-state index contributed by atoms with van der Waals surface area (Å²) in [4.78, 5) is 0. The first kappa shape index (κ1) is 11.5. The molecule has 0 aromatic heterocycles. The predicted molar refractivity (Wildman–Crippen MR) is 50.3 cm³/mol. The second-order valence-corrected chi connectivity index (χ2v) is 4.62. The van der Waals surface area contributed by atoms with Crippen LogP contribution in [0.2, 0.25) is 0 Å². The molecule has 0 aromatic rings. The molecule has 2 nitrogen and oxygen atoms in total. The van der Waals surface area contributed by atoms with Crippen molar-refractivity contribution in [2.24, 2.45) is 17.8 Å². The largest absolute Gasteiger partial charge is 0.411 e. The third-order valence-corrected chi connectivity index (χ3v) is 3.62. The van der Waals surface area contributed by atoms with E-state index >= 15 is 0 Å². The van der Waals surface area contributed by atoms with Gasteiger partial charge < -0.3 is 4.74 Å². The Morgan fingerprint density at radius 1 is 1.56 bits per heavy atom. The van der Waals surface area contributed by atoms with Gasteiger partial charge in [0.1, 0.15) is 6.61 Å². The van der Waals surface area contributed by atoms with E-state index in [0.29, 0.717) is 0 Å². The molecule has 0 aromatic carbocycles. The van der Waals surface area contributed by atoms with Gasteiger partial charge in [-0.3, -0.25) is 0 Å². The van der Waals surface area contributed by atoms with Gasteiger partial charge in [0.15, 0.2) is 0 Å². The summed E-state index contributed by atoms with van der Waals surface area (Å²) < 4.78 is 41.4. The van der Waals surface area contributed by atoms with E-state index in [2.05, 4.69) is 6.07 Å². The van der Waals surface area contributed by atoms with E-state index in [1.165, 1.54) is 0 Å². The van der Waals surface area contributed by atoms with E-state index in [1.807, 2.05) is 6.08 Å². The van der Waals surface area contributed by atoms with Crippen LogP contribution < -0.4 is 0 Å². The molecule has 0 aliphatic heterocycles. The lowest BCUT2D eigenvalue weighted by molar-refractivity contribution is -0.199. The maximum absolute atomic E-state index is 12.1. The Morgan fingerprint density at radius 3 is 2.69 bits per heavy atom. The standard InChI is InChI=1S/C11H12F3NO/c1-6-3-7-8(4-15)9(7)10(6,2)16-5-11(12,13)14/h3,7-9H,5H2,1-2H3/t7-,8-,9-,10-/m0/s1. The van der Waals surface area contributed by atoms with Gasteiger partial charge in [-0.15, -0.1) is 0 Å². The van der Waals surface area contributed by atoms with Crippen LogP contribution in [0.25, 0.3) is 0 Å². The van der Waals surface area contributed by atoms with Crippen LogP contribution in [0.15, 0.2) is 11.6 Å². The van der Waals surface area contributed by atoms with Crippen LogP contribution in [0, 0.1) is 29.1 Å². The lowest BCUT2D eigenvalue weighted by Gasteiger charge is -2.29. The maximum Gasteiger partial charge on any atom is 0.411 e. The molecular weight excluding hydrogens is 219 g/mol. The summed E-state index contributed by atoms with van der Waals surface area (Å²) in [6.45, 7) is 2.15. The minimum absolute atomic E-state index is 0.0863. The number of fused-ring (bicyclic) bond motifs is 1. The van der Waals surface area contributed by atoms with Crippen molar-refractivity contribution in [3.63, 3.8) is 0 Å². The van der Waals surface area contributed by atoms with Crippen molar-refractivity contribution in [2.75, 3.05) is 6.61 Å². The molecule has 0 amide bonds. The number of hydrogen-bond acceptors (Lipinski definition) is 2. The van der Waals surface area contributed by atoms with Crippen LogP contribution in [-0.2, 0) is 4.74 Å². The van der Waals surface area contributed by atoms with Crippen molar-refractivity contribution in [1.82, 2.24) is 0 Å². The lowest BCUT2D eigenvalue weighted by Crippen LogP contribution is -2.36. The number of alkyl halides is 3. The highest BCUT2D eigenvalue weighted by Crippen LogP contribution is 2.62. The van der Waals surface area contributed by atoms with E-state index in [-0.39, 0.29) is 17.8 Å². The van der Waals surface area contributed by atoms with Crippen molar-refractivity contribution in [3.05, 3.63) is 11.6 Å². The molecule has 16 heavy (non-hydrogen) atoms. The second-order valence-electron chi connectivity index (χ2n) is 4.62. The summed E-state index contributed by atoms with van der Waals surface area (Å²) in [7, 11) is 0. The molecule has 2 aliphatic carbocycles. The number of halogens is 3. The third-order valence-electron chi connectivity index (χ3n) is 3.62. The van der Waals surface area contributed by atoms with Crippen LogP contribution in [0.3, 0.4) is 0 Å². The molecule has 88 valence electrons. The Balaban J connectivity index is 2.08. The smallest absolute Gasteiger partial charge is 0.361 e. The fourth-order valence-electron chi connectivity index (χ4n) is 2.58. The second kappa shape index (κ2) is 3.24. The number of allylic oxidation sites excluding steroid dienone is 1. The molecule has 0 bridgehead atoms. The van der Waals surface area contributed by atoms with Gasteiger partial charge in [0.25, 0.3) is 0 Å². The first-order chi connectivity index (χ1) is 7.29. The highest BCUT2D eigenvalue weighted by atomic mass is 19.4. The summed E-state index contributed by atoms with van der Waals surface area (Å²) >= 11 is 0. The van der Waals surface area contributed by atoms with E-state index < -0.39 is 18.4 Å². The highest BCUT2D eigenvalue weighted by Gasteiger charge is 2.64. The van der Waals surface area contributed by atoms with Crippen LogP contribution in [-0.4, -0.2) is 18.4 Å². The zero-order valence-corrected chi connectivity index (χ0v) is 9.01. The van der Waals surface area contributed by atoms with Gasteiger partial charge in [-0.1, -0.05) is 6.08 Å². The quantitative estimate of drug-likeness (QED) is 0.684. The van der Waals surface area contributed by atoms with Gasteiger partial charge in [-0.05, 0) is 19.4 Å². The molecule has 5 heteroatoms. The Morgan fingerprint density at radius 2 is 2.19 bits per heavy atom. The average molecular weight is 231 g/mol. The van der Waals surface area contributed by atoms with Gasteiger partial charge >= 0.3 is 6.18 Å². The normalized spacial score (nSPS) is 41.2. The van der Waals surface area contributed by atoms with Crippen molar-refractivity contribution in [1.29, 1.82) is 5.26 Å². The molecular formula is C11H12F3NO. The third kappa shape index (κ3) is 1.61. The molecule has 2 aliphatic rings. The zero-order chi connectivity index (χ0) is 12.1. The highest BCUT2D eigenvalue weighted by molar-refractivity contribution is 5.37. The van der Waals surface area contributed by atoms with Crippen molar-refractivity contribution < 1.29 is 17.9 Å². The first-order valence-electron chi connectivity index (χ1n) is 5.09. The zero-order valence-electron chi connectivity index (χ0n) is 9.01. The molecule has 1 saturated carbocycles. The SMILES string of the molecule is CC1=C[C@H]2[C@H](C#N)[C@H]2[C@@]1(C)OCC(F)(F)F. The summed E-state index contributed by atoms with van der Waals surface area (Å²) in [5, 5.41) is 8.80. The van der Waals surface area contributed by atoms with E-state index in [4.69, 9.17) is 10.00 Å². The minimum Gasteiger partial charge on any atom is -0.361 e. The first-order valence-corrected chi connectivity index (χ1v) is 5.09. The molecule has 1 fully saturated rings. The fourth-order valence-corrected chi connectivity index (χ4v) is 2.58. The Labute approximate surface area is 91.7 Å². The number of hydrogen-bond donors (Lipinski definition) is 0. The Kier molecular flexibility index (Phi) is 2.32. The van der Waals surface area contributed by atoms with Crippen molar-refractivity contribution >= 4 is 0 Å². The van der Waals surface area contributed by atoms with Gasteiger partial charge in [0.2, 0.25) is 0 Å². The number of rotatable bonds is 2. The average Bonchev–Trinajstić information content (AvgIpc) is 2.80. The van der Waals surface area contributed by atoms with Crippen molar-refractivity contribution in [3.8, 4) is 6.07 Å². The molecule has 4 atom stereocenters.